The van der Waals surface area contributed by atoms with Crippen LogP contribution in [0.4, 0.5) is 0 Å². The largest absolute Gasteiger partial charge is 0.456 e. The third kappa shape index (κ3) is 4.94. The van der Waals surface area contributed by atoms with Crippen LogP contribution in [0.25, 0.3) is 122 Å². The molecule has 0 atom stereocenters. The molecule has 4 aromatic heterocycles. The van der Waals surface area contributed by atoms with Gasteiger partial charge < -0.3 is 13.3 Å². The van der Waals surface area contributed by atoms with Crippen LogP contribution >= 0.6 is 0 Å². The van der Waals surface area contributed by atoms with Crippen molar-refractivity contribution >= 4 is 65.8 Å². The average molecular weight is 732 g/mol. The molecule has 266 valence electrons. The summed E-state index contributed by atoms with van der Waals surface area (Å²) in [5, 5.41) is 6.22. The monoisotopic (exact) mass is 731 g/mol. The highest BCUT2D eigenvalue weighted by molar-refractivity contribution is 6.20. The first-order chi connectivity index (χ1) is 28.2. The van der Waals surface area contributed by atoms with E-state index in [1.165, 1.54) is 0 Å². The number of aromatic nitrogens is 3. The van der Waals surface area contributed by atoms with Gasteiger partial charge in [0, 0.05) is 49.0 Å². The van der Waals surface area contributed by atoms with Crippen molar-refractivity contribution < 1.29 is 13.3 Å². The van der Waals surface area contributed by atoms with Crippen molar-refractivity contribution in [3.63, 3.8) is 0 Å². The lowest BCUT2D eigenvalue weighted by molar-refractivity contribution is 0.668. The van der Waals surface area contributed by atoms with Crippen LogP contribution in [0.1, 0.15) is 0 Å². The van der Waals surface area contributed by atoms with E-state index in [2.05, 4.69) is 72.8 Å². The summed E-state index contributed by atoms with van der Waals surface area (Å²) in [4.78, 5) is 15.0. The first-order valence-corrected chi connectivity index (χ1v) is 18.9. The fourth-order valence-electron chi connectivity index (χ4n) is 8.38. The molecule has 0 bridgehead atoms. The van der Waals surface area contributed by atoms with Crippen LogP contribution in [-0.4, -0.2) is 15.0 Å². The zero-order chi connectivity index (χ0) is 37.5. The van der Waals surface area contributed by atoms with E-state index in [1.807, 2.05) is 103 Å². The smallest absolute Gasteiger partial charge is 0.167 e. The summed E-state index contributed by atoms with van der Waals surface area (Å²) in [5.41, 5.74) is 11.6. The Balaban J connectivity index is 1.12. The number of para-hydroxylation sites is 3. The SMILES string of the molecule is c1ccc(-c2nc(-c3ccccc3)nc(-c3cccc4c3oc3cccc(-c5cc(-c6cccc7oc8ccccc8c67)cc6c5oc5ccccc56)c34)n2)cc1. The molecule has 6 heteroatoms. The number of rotatable bonds is 5. The second-order valence-corrected chi connectivity index (χ2v) is 14.3. The minimum atomic E-state index is 0.538. The van der Waals surface area contributed by atoms with Gasteiger partial charge in [-0.1, -0.05) is 133 Å². The highest BCUT2D eigenvalue weighted by Gasteiger charge is 2.23. The standard InChI is InChI=1S/C51H29N3O3/c1-3-14-30(15-4-1)49-52-50(31-16-5-2-6-17-31)54-51(53-49)38-23-11-22-37-46-35(21-13-27-44(46)57-47(37)38)40-29-32(28-39-34-18-7-9-24-41(34)56-48(39)40)33-20-12-26-43-45(33)36-19-8-10-25-42(36)55-43/h1-29H. The van der Waals surface area contributed by atoms with Gasteiger partial charge in [0.1, 0.15) is 33.5 Å². The van der Waals surface area contributed by atoms with Crippen molar-refractivity contribution in [2.45, 2.75) is 0 Å². The van der Waals surface area contributed by atoms with E-state index in [0.29, 0.717) is 23.1 Å². The summed E-state index contributed by atoms with van der Waals surface area (Å²) in [5.74, 6) is 1.73. The fourth-order valence-corrected chi connectivity index (χ4v) is 8.38. The number of hydrogen-bond donors (Lipinski definition) is 0. The average Bonchev–Trinajstić information content (AvgIpc) is 3.98. The summed E-state index contributed by atoms with van der Waals surface area (Å²) in [6.07, 6.45) is 0. The van der Waals surface area contributed by atoms with Crippen LogP contribution in [0.15, 0.2) is 189 Å². The predicted octanol–water partition coefficient (Wildman–Crippen LogP) is 13.9. The maximum Gasteiger partial charge on any atom is 0.167 e. The second-order valence-electron chi connectivity index (χ2n) is 14.3. The van der Waals surface area contributed by atoms with Gasteiger partial charge in [-0.2, -0.15) is 0 Å². The van der Waals surface area contributed by atoms with Gasteiger partial charge >= 0.3 is 0 Å². The molecule has 12 aromatic rings. The van der Waals surface area contributed by atoms with Gasteiger partial charge in [-0.3, -0.25) is 0 Å². The molecule has 8 aromatic carbocycles. The highest BCUT2D eigenvalue weighted by atomic mass is 16.3. The van der Waals surface area contributed by atoms with Gasteiger partial charge in [0.15, 0.2) is 17.5 Å². The fraction of sp³-hybridized carbons (Fsp3) is 0. The molecular weight excluding hydrogens is 703 g/mol. The summed E-state index contributed by atoms with van der Waals surface area (Å²) in [6.45, 7) is 0. The van der Waals surface area contributed by atoms with Gasteiger partial charge in [-0.15, -0.1) is 0 Å². The minimum absolute atomic E-state index is 0.538. The van der Waals surface area contributed by atoms with Crippen LogP contribution < -0.4 is 0 Å². The van der Waals surface area contributed by atoms with Crippen LogP contribution in [0, 0.1) is 0 Å². The Morgan fingerprint density at radius 1 is 0.281 bits per heavy atom. The van der Waals surface area contributed by atoms with Crippen molar-refractivity contribution in [3.8, 4) is 56.4 Å². The molecule has 0 amide bonds. The lowest BCUT2D eigenvalue weighted by atomic mass is 9.91. The van der Waals surface area contributed by atoms with E-state index in [-0.39, 0.29) is 0 Å². The Kier molecular flexibility index (Phi) is 6.83. The summed E-state index contributed by atoms with van der Waals surface area (Å²) >= 11 is 0. The Hall–Kier alpha value is -7.83. The molecule has 4 heterocycles. The molecule has 0 unspecified atom stereocenters. The molecule has 6 nitrogen and oxygen atoms in total. The molecule has 12 rings (SSSR count). The second kappa shape index (κ2) is 12.3. The van der Waals surface area contributed by atoms with Gasteiger partial charge in [-0.05, 0) is 59.2 Å². The third-order valence-electron chi connectivity index (χ3n) is 10.9. The Labute approximate surface area is 325 Å². The normalized spacial score (nSPS) is 11.9. The van der Waals surface area contributed by atoms with E-state index in [9.17, 15) is 0 Å². The molecule has 0 spiro atoms. The Morgan fingerprint density at radius 2 is 0.772 bits per heavy atom. The van der Waals surface area contributed by atoms with E-state index >= 15 is 0 Å². The quantitative estimate of drug-likeness (QED) is 0.175. The molecular formula is C51H29N3O3. The number of furan rings is 3. The first-order valence-electron chi connectivity index (χ1n) is 18.9. The highest BCUT2D eigenvalue weighted by Crippen LogP contribution is 2.46. The predicted molar refractivity (Wildman–Crippen MR) is 229 cm³/mol. The van der Waals surface area contributed by atoms with Gasteiger partial charge in [0.2, 0.25) is 0 Å². The summed E-state index contributed by atoms with van der Waals surface area (Å²) in [6, 6.07) is 59.7. The van der Waals surface area contributed by atoms with E-state index in [1.54, 1.807) is 0 Å². The van der Waals surface area contributed by atoms with Crippen LogP contribution in [0.2, 0.25) is 0 Å². The molecule has 0 aliphatic rings. The number of fused-ring (bicyclic) bond motifs is 9. The first kappa shape index (κ1) is 31.5. The summed E-state index contributed by atoms with van der Waals surface area (Å²) in [7, 11) is 0. The van der Waals surface area contributed by atoms with Gasteiger partial charge in [-0.25, -0.2) is 15.0 Å². The minimum Gasteiger partial charge on any atom is -0.456 e. The molecule has 0 saturated heterocycles. The molecule has 57 heavy (non-hydrogen) atoms. The van der Waals surface area contributed by atoms with Gasteiger partial charge in [0.05, 0.1) is 5.56 Å². The molecule has 0 saturated carbocycles. The molecule has 0 aliphatic heterocycles. The molecule has 0 fully saturated rings. The van der Waals surface area contributed by atoms with Crippen molar-refractivity contribution in [2.75, 3.05) is 0 Å². The molecule has 0 N–H and O–H groups in total. The maximum absolute atomic E-state index is 6.83. The number of benzene rings is 8. The van der Waals surface area contributed by atoms with E-state index < -0.39 is 0 Å². The zero-order valence-electron chi connectivity index (χ0n) is 30.3. The Morgan fingerprint density at radius 3 is 1.51 bits per heavy atom. The number of hydrogen-bond acceptors (Lipinski definition) is 6. The summed E-state index contributed by atoms with van der Waals surface area (Å²) < 4.78 is 19.9. The van der Waals surface area contributed by atoms with Crippen molar-refractivity contribution in [1.29, 1.82) is 0 Å². The topological polar surface area (TPSA) is 78.1 Å². The van der Waals surface area contributed by atoms with Gasteiger partial charge in [0.25, 0.3) is 0 Å². The van der Waals surface area contributed by atoms with Crippen molar-refractivity contribution in [1.82, 2.24) is 15.0 Å². The zero-order valence-corrected chi connectivity index (χ0v) is 30.3. The van der Waals surface area contributed by atoms with Crippen molar-refractivity contribution in [3.05, 3.63) is 176 Å². The van der Waals surface area contributed by atoms with Crippen LogP contribution in [0.3, 0.4) is 0 Å². The lowest BCUT2D eigenvalue weighted by Crippen LogP contribution is -2.00. The van der Waals surface area contributed by atoms with E-state index in [0.717, 1.165) is 99.2 Å². The number of nitrogens with zero attached hydrogens (tertiary/aromatic N) is 3. The lowest BCUT2D eigenvalue weighted by Gasteiger charge is -2.10. The van der Waals surface area contributed by atoms with E-state index in [4.69, 9.17) is 28.2 Å². The van der Waals surface area contributed by atoms with Crippen LogP contribution in [-0.2, 0) is 0 Å². The third-order valence-corrected chi connectivity index (χ3v) is 10.9. The Bertz CT molecular complexity index is 3470. The maximum atomic E-state index is 6.83. The van der Waals surface area contributed by atoms with Crippen LogP contribution in [0.5, 0.6) is 0 Å². The molecule has 0 aliphatic carbocycles. The van der Waals surface area contributed by atoms with Crippen molar-refractivity contribution in [2.24, 2.45) is 0 Å². The molecule has 0 radical (unpaired) electrons.